The molecule has 33 heavy (non-hydrogen) atoms. The van der Waals surface area contributed by atoms with Gasteiger partial charge in [0.25, 0.3) is 0 Å². The van der Waals surface area contributed by atoms with Crippen LogP contribution >= 0.6 is 11.6 Å². The summed E-state index contributed by atoms with van der Waals surface area (Å²) in [6, 6.07) is 0.497. The maximum atomic E-state index is 5.69. The van der Waals surface area contributed by atoms with Crippen molar-refractivity contribution in [2.45, 2.75) is 111 Å². The second-order valence-electron chi connectivity index (χ2n) is 10.0. The van der Waals surface area contributed by atoms with Crippen molar-refractivity contribution in [3.05, 3.63) is 0 Å². The smallest absolute Gasteiger partial charge is 0 e. The van der Waals surface area contributed by atoms with Gasteiger partial charge >= 0.3 is 63.4 Å². The molecular formula is C21H59Cl3N6Ni2Pd. The van der Waals surface area contributed by atoms with Crippen LogP contribution in [-0.4, -0.2) is 41.2 Å². The van der Waals surface area contributed by atoms with Gasteiger partial charge in [-0.1, -0.05) is 0 Å². The van der Waals surface area contributed by atoms with E-state index in [4.69, 9.17) is 40.3 Å². The molecule has 0 fully saturated rings. The summed E-state index contributed by atoms with van der Waals surface area (Å²) in [7, 11) is 0. The van der Waals surface area contributed by atoms with Crippen molar-refractivity contribution >= 4 is 11.6 Å². The van der Waals surface area contributed by atoms with Crippen molar-refractivity contribution < 1.29 is 71.3 Å². The van der Waals surface area contributed by atoms with E-state index in [0.717, 1.165) is 6.54 Å². The van der Waals surface area contributed by atoms with Crippen LogP contribution in [0.2, 0.25) is 33.4 Å². The summed E-state index contributed by atoms with van der Waals surface area (Å²) in [5, 5.41) is 12.2. The maximum absolute atomic E-state index is 5.69. The van der Waals surface area contributed by atoms with Crippen LogP contribution < -0.4 is 58.8 Å². The Balaban J connectivity index is -0.0000000398. The molecule has 0 bridgehead atoms. The minimum Gasteiger partial charge on any atom is -1.00 e. The number of hydrogen-bond donors (Lipinski definition) is 6. The molecule has 0 rings (SSSR count). The fourth-order valence-electron chi connectivity index (χ4n) is 0.169. The van der Waals surface area contributed by atoms with Crippen LogP contribution in [0.1, 0.15) is 55.4 Å². The Bertz CT molecular complexity index is 305. The summed E-state index contributed by atoms with van der Waals surface area (Å²) in [5.74, 6) is 4.12. The molecule has 224 valence electrons. The average molecular weight is 726 g/mol. The number of alkyl halides is 1. The summed E-state index contributed by atoms with van der Waals surface area (Å²) in [6.07, 6.45) is 0. The first-order valence-electron chi connectivity index (χ1n) is 9.43. The average Bonchev–Trinajstić information content (AvgIpc) is 2.41. The largest absolute Gasteiger partial charge is 1.00 e. The predicted octanol–water partition coefficient (Wildman–Crippen LogP) is -1.84. The Morgan fingerprint density at radius 2 is 0.848 bits per heavy atom. The predicted molar refractivity (Wildman–Crippen MR) is 136 cm³/mol. The van der Waals surface area contributed by atoms with Gasteiger partial charge in [-0.3, -0.25) is 0 Å². The standard InChI is InChI=1S/2C6H16N2.C3H9ClN2.6CH3.2ClH.2Ni.Pd/c2*1-5(2,7)6(3,4)8;4-3-6-2-1-5;;;;;;;;;;;/h2*7-8H2,1-4H3;6H,1-3,5H2;6*1H3;2*1H;;;/q;;;;;;;;;;;;+2;/p-2. The van der Waals surface area contributed by atoms with E-state index < -0.39 is 15.5 Å². The van der Waals surface area contributed by atoms with Crippen LogP contribution in [0.5, 0.6) is 0 Å². The minimum absolute atomic E-state index is 0. The van der Waals surface area contributed by atoms with Crippen LogP contribution in [0, 0.1) is 0 Å². The van der Waals surface area contributed by atoms with Crippen molar-refractivity contribution in [3.8, 4) is 0 Å². The molecule has 0 atom stereocenters. The second-order valence-corrected chi connectivity index (χ2v) is 20.6. The molecule has 0 amide bonds. The van der Waals surface area contributed by atoms with E-state index in [-0.39, 0.29) is 63.5 Å². The van der Waals surface area contributed by atoms with E-state index in [2.05, 4.69) is 38.7 Å². The van der Waals surface area contributed by atoms with E-state index >= 15 is 0 Å². The zero-order valence-corrected chi connectivity index (χ0v) is 29.4. The molecular weight excluding hydrogens is 666 g/mol. The van der Waals surface area contributed by atoms with E-state index in [1.807, 2.05) is 55.4 Å². The molecule has 0 saturated carbocycles. The third kappa shape index (κ3) is 65.9. The molecule has 6 nitrogen and oxygen atoms in total. The molecule has 0 aliphatic rings. The minimum atomic E-state index is -0.700. The third-order valence-electron chi connectivity index (χ3n) is 3.74. The molecule has 0 heterocycles. The van der Waals surface area contributed by atoms with E-state index in [1.165, 1.54) is 0 Å². The van der Waals surface area contributed by atoms with Gasteiger partial charge in [0.1, 0.15) is 0 Å². The topological polar surface area (TPSA) is 142 Å². The molecule has 0 aromatic rings. The second kappa shape index (κ2) is 27.3. The Labute approximate surface area is 245 Å². The van der Waals surface area contributed by atoms with Crippen molar-refractivity contribution in [2.75, 3.05) is 19.1 Å². The van der Waals surface area contributed by atoms with Crippen LogP contribution in [0.3, 0.4) is 0 Å². The number of hydrogen-bond acceptors (Lipinski definition) is 6. The molecule has 0 unspecified atom stereocenters. The Morgan fingerprint density at radius 1 is 0.697 bits per heavy atom. The molecule has 0 saturated heterocycles. The van der Waals surface area contributed by atoms with E-state index in [1.54, 1.807) is 14.4 Å². The van der Waals surface area contributed by atoms with Crippen molar-refractivity contribution in [3.63, 3.8) is 0 Å². The van der Waals surface area contributed by atoms with Crippen molar-refractivity contribution in [1.82, 2.24) is 5.32 Å². The summed E-state index contributed by atoms with van der Waals surface area (Å²) in [5.41, 5.74) is 26.7. The Morgan fingerprint density at radius 3 is 0.879 bits per heavy atom. The first kappa shape index (κ1) is 55.7. The van der Waals surface area contributed by atoms with E-state index in [0.29, 0.717) is 12.5 Å². The number of nitrogens with two attached hydrogens (primary N) is 5. The summed E-state index contributed by atoms with van der Waals surface area (Å²) < 4.78 is 0. The third-order valence-corrected chi connectivity index (χ3v) is 3.93. The summed E-state index contributed by atoms with van der Waals surface area (Å²) in [4.78, 5) is 0. The van der Waals surface area contributed by atoms with Gasteiger partial charge in [-0.25, -0.2) is 0 Å². The SMILES string of the molecule is CC(C)(N)C(C)(C)N.CC(C)(N)C(C)(C)N.NCCNCCl.[CH3][Ni+2][CH3].[CH3][Pd]([CH3])([CH3])[CH3].[Cl-].[Cl-].[Ni]. The zero-order valence-electron chi connectivity index (χ0n) is 23.6. The molecule has 11 N–H and O–H groups in total. The fourth-order valence-corrected chi connectivity index (χ4v) is 0.303. The number of rotatable bonds is 5. The molecule has 0 spiro atoms. The van der Waals surface area contributed by atoms with E-state index in [9.17, 15) is 0 Å². The first-order chi connectivity index (χ1) is 12.8. The van der Waals surface area contributed by atoms with Crippen molar-refractivity contribution in [2.24, 2.45) is 28.7 Å². The quantitative estimate of drug-likeness (QED) is 0.0853. The normalized spacial score (nSPS) is 11.5. The number of halogens is 3. The summed E-state index contributed by atoms with van der Waals surface area (Å²) >= 11 is 6.14. The molecule has 0 aliphatic heterocycles. The monoisotopic (exact) mass is 722 g/mol. The van der Waals surface area contributed by atoms with Gasteiger partial charge in [0, 0.05) is 51.7 Å². The van der Waals surface area contributed by atoms with Crippen LogP contribution in [0.4, 0.5) is 0 Å². The van der Waals surface area contributed by atoms with Gasteiger partial charge in [-0.15, -0.1) is 11.6 Å². The molecule has 0 aromatic heterocycles. The Kier molecular flexibility index (Phi) is 46.1. The summed E-state index contributed by atoms with van der Waals surface area (Å²) in [6.45, 7) is 16.9. The molecule has 0 aromatic carbocycles. The van der Waals surface area contributed by atoms with Gasteiger partial charge in [-0.2, -0.15) is 0 Å². The van der Waals surface area contributed by atoms with Crippen molar-refractivity contribution in [1.29, 1.82) is 0 Å². The molecule has 0 aliphatic carbocycles. The first-order valence-corrected chi connectivity index (χ1v) is 18.2. The van der Waals surface area contributed by atoms with Crippen LogP contribution in [0.25, 0.3) is 0 Å². The van der Waals surface area contributed by atoms with Gasteiger partial charge in [0.2, 0.25) is 0 Å². The van der Waals surface area contributed by atoms with Gasteiger partial charge in [-0.05, 0) is 55.4 Å². The molecule has 0 radical (unpaired) electrons. The van der Waals surface area contributed by atoms with Crippen LogP contribution in [0.15, 0.2) is 0 Å². The zero-order chi connectivity index (χ0) is 26.0. The fraction of sp³-hybridized carbons (Fsp3) is 1.00. The number of nitrogens with one attached hydrogen (secondary N) is 1. The maximum Gasteiger partial charge on any atom is 0 e. The van der Waals surface area contributed by atoms with Gasteiger partial charge < -0.3 is 58.8 Å². The van der Waals surface area contributed by atoms with Gasteiger partial charge in [0.05, 0.1) is 6.00 Å². The Hall–Kier alpha value is 2.28. The van der Waals surface area contributed by atoms with Gasteiger partial charge in [0.15, 0.2) is 0 Å². The molecule has 12 heteroatoms. The van der Waals surface area contributed by atoms with Crippen LogP contribution in [-0.2, 0) is 46.5 Å².